The Hall–Kier alpha value is -1.36. The Kier molecular flexibility index (Phi) is 5.36. The highest BCUT2D eigenvalue weighted by Crippen LogP contribution is 2.35. The molecule has 4 nitrogen and oxygen atoms in total. The van der Waals surface area contributed by atoms with Crippen LogP contribution in [-0.4, -0.2) is 36.3 Å². The van der Waals surface area contributed by atoms with Gasteiger partial charge in [-0.3, -0.25) is 9.59 Å². The molecule has 0 bridgehead atoms. The number of carbonyl (C=O) groups is 2. The van der Waals surface area contributed by atoms with Crippen molar-refractivity contribution in [2.45, 2.75) is 32.1 Å². The molecule has 2 amide bonds. The van der Waals surface area contributed by atoms with Crippen LogP contribution in [0.5, 0.6) is 0 Å². The summed E-state index contributed by atoms with van der Waals surface area (Å²) in [6.07, 6.45) is 6.33. The molecule has 1 aliphatic heterocycles. The maximum absolute atomic E-state index is 12.4. The van der Waals surface area contributed by atoms with E-state index in [0.29, 0.717) is 11.5 Å². The van der Waals surface area contributed by atoms with Crippen molar-refractivity contribution >= 4 is 27.7 Å². The maximum Gasteiger partial charge on any atom is 0.252 e. The minimum atomic E-state index is -0.210. The zero-order chi connectivity index (χ0) is 16.2. The number of amides is 2. The van der Waals surface area contributed by atoms with Crippen molar-refractivity contribution in [3.63, 3.8) is 0 Å². The van der Waals surface area contributed by atoms with Gasteiger partial charge >= 0.3 is 0 Å². The molecule has 2 aliphatic rings. The lowest BCUT2D eigenvalue weighted by Crippen LogP contribution is -2.48. The van der Waals surface area contributed by atoms with Gasteiger partial charge in [0, 0.05) is 17.6 Å². The number of carbonyl (C=O) groups excluding carboxylic acids is 2. The third-order valence-electron chi connectivity index (χ3n) is 5.16. The first kappa shape index (κ1) is 16.5. The van der Waals surface area contributed by atoms with Crippen molar-refractivity contribution in [3.8, 4) is 0 Å². The molecule has 2 unspecified atom stereocenters. The summed E-state index contributed by atoms with van der Waals surface area (Å²) >= 11 is 3.36. The zero-order valence-corrected chi connectivity index (χ0v) is 14.8. The van der Waals surface area contributed by atoms with Crippen molar-refractivity contribution in [1.29, 1.82) is 0 Å². The number of halogens is 1. The van der Waals surface area contributed by atoms with E-state index >= 15 is 0 Å². The summed E-state index contributed by atoms with van der Waals surface area (Å²) in [6.45, 7) is 1.79. The minimum absolute atomic E-state index is 0.0365. The molecule has 23 heavy (non-hydrogen) atoms. The van der Waals surface area contributed by atoms with Crippen molar-refractivity contribution in [2.24, 2.45) is 11.8 Å². The van der Waals surface area contributed by atoms with Crippen LogP contribution in [0.1, 0.15) is 42.5 Å². The average molecular weight is 379 g/mol. The molecule has 1 heterocycles. The largest absolute Gasteiger partial charge is 0.343 e. The number of likely N-dealkylation sites (tertiary alicyclic amines) is 1. The predicted octanol–water partition coefficient (Wildman–Crippen LogP) is 3.22. The van der Waals surface area contributed by atoms with Crippen molar-refractivity contribution in [2.75, 3.05) is 19.6 Å². The highest BCUT2D eigenvalue weighted by Gasteiger charge is 2.32. The first-order valence-corrected chi connectivity index (χ1v) is 9.25. The topological polar surface area (TPSA) is 49.4 Å². The molecule has 124 valence electrons. The Balaban J connectivity index is 1.51. The van der Waals surface area contributed by atoms with E-state index in [2.05, 4.69) is 21.2 Å². The van der Waals surface area contributed by atoms with Crippen LogP contribution in [0, 0.1) is 11.8 Å². The summed E-state index contributed by atoms with van der Waals surface area (Å²) < 4.78 is 0.743. The Morgan fingerprint density at radius 2 is 1.87 bits per heavy atom. The van der Waals surface area contributed by atoms with Crippen LogP contribution < -0.4 is 5.32 Å². The lowest BCUT2D eigenvalue weighted by Gasteiger charge is -2.41. The molecule has 0 radical (unpaired) electrons. The van der Waals surface area contributed by atoms with E-state index in [1.54, 1.807) is 6.07 Å². The lowest BCUT2D eigenvalue weighted by atomic mass is 9.75. The summed E-state index contributed by atoms with van der Waals surface area (Å²) in [4.78, 5) is 26.5. The predicted molar refractivity (Wildman–Crippen MR) is 93.1 cm³/mol. The Morgan fingerprint density at radius 1 is 1.13 bits per heavy atom. The van der Waals surface area contributed by atoms with Gasteiger partial charge in [0.15, 0.2) is 0 Å². The number of nitrogens with one attached hydrogen (secondary N) is 1. The van der Waals surface area contributed by atoms with Gasteiger partial charge in [-0.2, -0.15) is 0 Å². The summed E-state index contributed by atoms with van der Waals surface area (Å²) in [6, 6.07) is 7.25. The van der Waals surface area contributed by atoms with Gasteiger partial charge < -0.3 is 10.2 Å². The lowest BCUT2D eigenvalue weighted by molar-refractivity contribution is -0.133. The standard InChI is InChI=1S/C18H23BrN2O2/c19-16-8-4-3-7-15(16)18(23)20-11-17(22)21-10-9-13-5-1-2-6-14(13)12-21/h3-4,7-8,13-14H,1-2,5-6,9-12H2,(H,20,23). The second-order valence-electron chi connectivity index (χ2n) is 6.60. The Morgan fingerprint density at radius 3 is 2.65 bits per heavy atom. The fraction of sp³-hybridized carbons (Fsp3) is 0.556. The van der Waals surface area contributed by atoms with Crippen LogP contribution in [0.25, 0.3) is 0 Å². The number of rotatable bonds is 3. The number of fused-ring (bicyclic) bond motifs is 1. The molecule has 1 aromatic carbocycles. The molecule has 0 aromatic heterocycles. The normalized spacial score (nSPS) is 24.0. The number of hydrogen-bond acceptors (Lipinski definition) is 2. The second-order valence-corrected chi connectivity index (χ2v) is 7.45. The van der Waals surface area contributed by atoms with Crippen molar-refractivity contribution in [3.05, 3.63) is 34.3 Å². The fourth-order valence-electron chi connectivity index (χ4n) is 3.84. The van der Waals surface area contributed by atoms with E-state index < -0.39 is 0 Å². The minimum Gasteiger partial charge on any atom is -0.343 e. The molecule has 1 saturated carbocycles. The second kappa shape index (κ2) is 7.47. The van der Waals surface area contributed by atoms with Crippen LogP contribution >= 0.6 is 15.9 Å². The van der Waals surface area contributed by atoms with Crippen LogP contribution in [0.4, 0.5) is 0 Å². The molecule has 1 aliphatic carbocycles. The van der Waals surface area contributed by atoms with Gasteiger partial charge in [0.05, 0.1) is 12.1 Å². The van der Waals surface area contributed by atoms with Gasteiger partial charge in [-0.1, -0.05) is 31.4 Å². The van der Waals surface area contributed by atoms with Gasteiger partial charge in [-0.05, 0) is 52.7 Å². The van der Waals surface area contributed by atoms with Gasteiger partial charge in [-0.15, -0.1) is 0 Å². The molecule has 2 atom stereocenters. The highest BCUT2D eigenvalue weighted by molar-refractivity contribution is 9.10. The zero-order valence-electron chi connectivity index (χ0n) is 13.3. The van der Waals surface area contributed by atoms with E-state index in [0.717, 1.165) is 29.9 Å². The van der Waals surface area contributed by atoms with E-state index in [1.807, 2.05) is 23.1 Å². The smallest absolute Gasteiger partial charge is 0.252 e. The SMILES string of the molecule is O=C(NCC(=O)N1CCC2CCCCC2C1)c1ccccc1Br. The third-order valence-corrected chi connectivity index (χ3v) is 5.85. The summed E-state index contributed by atoms with van der Waals surface area (Å²) in [5.41, 5.74) is 0.561. The number of nitrogens with zero attached hydrogens (tertiary/aromatic N) is 1. The number of piperidine rings is 1. The van der Waals surface area contributed by atoms with Crippen LogP contribution in [0.3, 0.4) is 0 Å². The number of hydrogen-bond donors (Lipinski definition) is 1. The van der Waals surface area contributed by atoms with Crippen molar-refractivity contribution in [1.82, 2.24) is 10.2 Å². The maximum atomic E-state index is 12.4. The van der Waals surface area contributed by atoms with Crippen LogP contribution in [-0.2, 0) is 4.79 Å². The first-order valence-electron chi connectivity index (χ1n) is 8.45. The fourth-order valence-corrected chi connectivity index (χ4v) is 4.30. The van der Waals surface area contributed by atoms with E-state index in [9.17, 15) is 9.59 Å². The highest BCUT2D eigenvalue weighted by atomic mass is 79.9. The summed E-state index contributed by atoms with van der Waals surface area (Å²) in [7, 11) is 0. The molecule has 0 spiro atoms. The number of benzene rings is 1. The summed E-state index contributed by atoms with van der Waals surface area (Å²) in [5, 5.41) is 2.75. The molecular formula is C18H23BrN2O2. The first-order chi connectivity index (χ1) is 11.1. The quantitative estimate of drug-likeness (QED) is 0.877. The van der Waals surface area contributed by atoms with E-state index in [4.69, 9.17) is 0 Å². The van der Waals surface area contributed by atoms with Crippen LogP contribution in [0.2, 0.25) is 0 Å². The van der Waals surface area contributed by atoms with Crippen LogP contribution in [0.15, 0.2) is 28.7 Å². The monoisotopic (exact) mass is 378 g/mol. The molecule has 5 heteroatoms. The van der Waals surface area contributed by atoms with Gasteiger partial charge in [0.25, 0.3) is 5.91 Å². The Labute approximate surface area is 145 Å². The molecule has 1 saturated heterocycles. The van der Waals surface area contributed by atoms with E-state index in [-0.39, 0.29) is 18.4 Å². The summed E-state index contributed by atoms with van der Waals surface area (Å²) in [5.74, 6) is 1.30. The Bertz CT molecular complexity index is 590. The van der Waals surface area contributed by atoms with Gasteiger partial charge in [0.1, 0.15) is 0 Å². The molecular weight excluding hydrogens is 356 g/mol. The third kappa shape index (κ3) is 3.94. The van der Waals surface area contributed by atoms with Gasteiger partial charge in [-0.25, -0.2) is 0 Å². The molecule has 1 N–H and O–H groups in total. The van der Waals surface area contributed by atoms with Gasteiger partial charge in [0.2, 0.25) is 5.91 Å². The molecule has 2 fully saturated rings. The average Bonchev–Trinajstić information content (AvgIpc) is 2.59. The molecule has 3 rings (SSSR count). The van der Waals surface area contributed by atoms with Crippen molar-refractivity contribution < 1.29 is 9.59 Å². The van der Waals surface area contributed by atoms with E-state index in [1.165, 1.54) is 25.7 Å². The molecule has 1 aromatic rings.